The molecule has 3 nitrogen and oxygen atoms in total. The molecule has 1 aromatic heterocycles. The molecule has 0 unspecified atom stereocenters. The molecule has 108 valence electrons. The zero-order valence-electron chi connectivity index (χ0n) is 12.8. The van der Waals surface area contributed by atoms with E-state index in [9.17, 15) is 0 Å². The summed E-state index contributed by atoms with van der Waals surface area (Å²) >= 11 is 0. The molecular formula is C17H25N3. The van der Waals surface area contributed by atoms with Crippen molar-refractivity contribution in [2.75, 3.05) is 18.0 Å². The fourth-order valence-electron chi connectivity index (χ4n) is 2.20. The molecule has 0 aliphatic heterocycles. The summed E-state index contributed by atoms with van der Waals surface area (Å²) in [5.41, 5.74) is 2.54. The monoisotopic (exact) mass is 271 g/mol. The smallest absolute Gasteiger partial charge is 0.0791 e. The second-order valence-electron chi connectivity index (χ2n) is 6.64. The lowest BCUT2D eigenvalue weighted by Gasteiger charge is -2.27. The molecule has 0 aromatic carbocycles. The Morgan fingerprint density at radius 1 is 1.45 bits per heavy atom. The first-order valence-corrected chi connectivity index (χ1v) is 7.36. The maximum atomic E-state index is 5.53. The molecule has 0 radical (unpaired) electrons. The topological polar surface area (TPSA) is 28.2 Å². The van der Waals surface area contributed by atoms with Gasteiger partial charge in [0.05, 0.1) is 6.54 Å². The molecule has 2 rings (SSSR count). The van der Waals surface area contributed by atoms with Gasteiger partial charge in [-0.3, -0.25) is 4.98 Å². The van der Waals surface area contributed by atoms with Crippen molar-refractivity contribution >= 4 is 5.69 Å². The minimum Gasteiger partial charge on any atom is -0.360 e. The van der Waals surface area contributed by atoms with Crippen molar-refractivity contribution in [2.45, 2.75) is 45.7 Å². The largest absolute Gasteiger partial charge is 0.360 e. The van der Waals surface area contributed by atoms with Gasteiger partial charge in [0.2, 0.25) is 0 Å². The van der Waals surface area contributed by atoms with Gasteiger partial charge in [-0.05, 0) is 45.6 Å². The third-order valence-electron chi connectivity index (χ3n) is 3.49. The molecule has 1 aromatic rings. The number of nitrogens with one attached hydrogen (secondary N) is 1. The second-order valence-corrected chi connectivity index (χ2v) is 6.64. The van der Waals surface area contributed by atoms with E-state index < -0.39 is 0 Å². The van der Waals surface area contributed by atoms with Gasteiger partial charge in [-0.25, -0.2) is 0 Å². The third-order valence-corrected chi connectivity index (χ3v) is 3.49. The van der Waals surface area contributed by atoms with E-state index in [1.165, 1.54) is 24.1 Å². The average Bonchev–Trinajstić information content (AvgIpc) is 3.19. The summed E-state index contributed by atoms with van der Waals surface area (Å²) in [6.07, 6.45) is 12.0. The highest BCUT2D eigenvalue weighted by Gasteiger charge is 2.25. The van der Waals surface area contributed by atoms with Gasteiger partial charge in [0.15, 0.2) is 0 Å². The summed E-state index contributed by atoms with van der Waals surface area (Å²) in [7, 11) is 0. The molecule has 1 N–H and O–H groups in total. The molecule has 3 heteroatoms. The van der Waals surface area contributed by atoms with Crippen molar-refractivity contribution in [3.8, 4) is 12.3 Å². The van der Waals surface area contributed by atoms with E-state index >= 15 is 0 Å². The van der Waals surface area contributed by atoms with Crippen LogP contribution in [0.4, 0.5) is 5.69 Å². The van der Waals surface area contributed by atoms with Crippen LogP contribution in [-0.4, -0.2) is 23.6 Å². The van der Waals surface area contributed by atoms with Crippen LogP contribution in [0.15, 0.2) is 18.5 Å². The highest BCUT2D eigenvalue weighted by molar-refractivity contribution is 5.53. The first-order chi connectivity index (χ1) is 9.49. The Kier molecular flexibility index (Phi) is 4.67. The lowest BCUT2D eigenvalue weighted by molar-refractivity contribution is 0.424. The van der Waals surface area contributed by atoms with Crippen LogP contribution in [-0.2, 0) is 6.54 Å². The minimum absolute atomic E-state index is 0.0978. The van der Waals surface area contributed by atoms with Crippen LogP contribution in [0.5, 0.6) is 0 Å². The lowest BCUT2D eigenvalue weighted by atomic mass is 10.1. The van der Waals surface area contributed by atoms with Crippen LogP contribution in [0, 0.1) is 18.3 Å². The highest BCUT2D eigenvalue weighted by atomic mass is 15.1. The van der Waals surface area contributed by atoms with Crippen molar-refractivity contribution in [3.63, 3.8) is 0 Å². The SMILES string of the molecule is C#CCN(CC1CC1)c1ccncc1CNC(C)(C)C. The van der Waals surface area contributed by atoms with Crippen LogP contribution >= 0.6 is 0 Å². The molecule has 0 spiro atoms. The quantitative estimate of drug-likeness (QED) is 0.806. The van der Waals surface area contributed by atoms with Crippen molar-refractivity contribution in [3.05, 3.63) is 24.0 Å². The van der Waals surface area contributed by atoms with Gasteiger partial charge in [-0.1, -0.05) is 5.92 Å². The van der Waals surface area contributed by atoms with E-state index in [0.717, 1.165) is 19.0 Å². The normalized spacial score (nSPS) is 14.9. The molecule has 0 bridgehead atoms. The Labute approximate surface area is 122 Å². The summed E-state index contributed by atoms with van der Waals surface area (Å²) in [6.45, 7) is 9.07. The molecule has 1 fully saturated rings. The van der Waals surface area contributed by atoms with Crippen LogP contribution in [0.3, 0.4) is 0 Å². The van der Waals surface area contributed by atoms with Crippen LogP contribution in [0.2, 0.25) is 0 Å². The summed E-state index contributed by atoms with van der Waals surface area (Å²) in [5, 5.41) is 3.53. The summed E-state index contributed by atoms with van der Waals surface area (Å²) in [6, 6.07) is 2.08. The summed E-state index contributed by atoms with van der Waals surface area (Å²) in [4.78, 5) is 6.58. The van der Waals surface area contributed by atoms with Crippen LogP contribution in [0.25, 0.3) is 0 Å². The Bertz CT molecular complexity index is 478. The van der Waals surface area contributed by atoms with E-state index in [1.54, 1.807) is 0 Å². The molecule has 0 amide bonds. The molecule has 1 aliphatic rings. The number of terminal acetylenes is 1. The number of nitrogens with zero attached hydrogens (tertiary/aromatic N) is 2. The maximum Gasteiger partial charge on any atom is 0.0791 e. The number of aromatic nitrogens is 1. The first-order valence-electron chi connectivity index (χ1n) is 7.36. The van der Waals surface area contributed by atoms with Crippen LogP contribution < -0.4 is 10.2 Å². The number of rotatable bonds is 6. The number of pyridine rings is 1. The third kappa shape index (κ3) is 4.54. The fourth-order valence-corrected chi connectivity index (χ4v) is 2.20. The number of hydrogen-bond donors (Lipinski definition) is 1. The van der Waals surface area contributed by atoms with Crippen molar-refractivity contribution in [2.24, 2.45) is 5.92 Å². The molecule has 1 heterocycles. The van der Waals surface area contributed by atoms with Gasteiger partial charge in [0.1, 0.15) is 0 Å². The van der Waals surface area contributed by atoms with Gasteiger partial charge in [-0.2, -0.15) is 0 Å². The molecule has 0 atom stereocenters. The Morgan fingerprint density at radius 2 is 2.20 bits per heavy atom. The molecule has 20 heavy (non-hydrogen) atoms. The predicted octanol–water partition coefficient (Wildman–Crippen LogP) is 2.82. The van der Waals surface area contributed by atoms with E-state index in [-0.39, 0.29) is 5.54 Å². The zero-order chi connectivity index (χ0) is 14.6. The van der Waals surface area contributed by atoms with Gasteiger partial charge < -0.3 is 10.2 Å². The van der Waals surface area contributed by atoms with E-state index in [0.29, 0.717) is 6.54 Å². The Hall–Kier alpha value is -1.53. The maximum absolute atomic E-state index is 5.53. The fraction of sp³-hybridized carbons (Fsp3) is 0.588. The highest BCUT2D eigenvalue weighted by Crippen LogP contribution is 2.32. The van der Waals surface area contributed by atoms with E-state index in [2.05, 4.69) is 48.0 Å². The van der Waals surface area contributed by atoms with Crippen molar-refractivity contribution < 1.29 is 0 Å². The second kappa shape index (κ2) is 6.28. The Balaban J connectivity index is 2.13. The van der Waals surface area contributed by atoms with Crippen molar-refractivity contribution in [1.29, 1.82) is 0 Å². The molecule has 1 saturated carbocycles. The number of hydrogen-bond acceptors (Lipinski definition) is 3. The summed E-state index contributed by atoms with van der Waals surface area (Å²) < 4.78 is 0. The lowest BCUT2D eigenvalue weighted by Crippen LogP contribution is -2.36. The molecule has 0 saturated heterocycles. The minimum atomic E-state index is 0.0978. The number of anilines is 1. The first kappa shape index (κ1) is 14.9. The van der Waals surface area contributed by atoms with Crippen molar-refractivity contribution in [1.82, 2.24) is 10.3 Å². The molecular weight excluding hydrogens is 246 g/mol. The summed E-state index contributed by atoms with van der Waals surface area (Å²) in [5.74, 6) is 3.60. The van der Waals surface area contributed by atoms with Gasteiger partial charge in [0, 0.05) is 42.3 Å². The standard InChI is InChI=1S/C17H25N3/c1-5-10-20(13-14-6-7-14)16-8-9-18-11-15(16)12-19-17(2,3)4/h1,8-9,11,14,19H,6-7,10,12-13H2,2-4H3. The Morgan fingerprint density at radius 3 is 2.80 bits per heavy atom. The van der Waals surface area contributed by atoms with Crippen LogP contribution in [0.1, 0.15) is 39.2 Å². The van der Waals surface area contributed by atoms with Gasteiger partial charge in [0.25, 0.3) is 0 Å². The van der Waals surface area contributed by atoms with E-state index in [1.807, 2.05) is 12.4 Å². The van der Waals surface area contributed by atoms with Gasteiger partial charge >= 0.3 is 0 Å². The zero-order valence-corrected chi connectivity index (χ0v) is 12.8. The molecule has 1 aliphatic carbocycles. The van der Waals surface area contributed by atoms with Gasteiger partial charge in [-0.15, -0.1) is 6.42 Å². The predicted molar refractivity (Wildman–Crippen MR) is 84.6 cm³/mol. The average molecular weight is 271 g/mol. The van der Waals surface area contributed by atoms with E-state index in [4.69, 9.17) is 6.42 Å².